The molecule has 3 aromatic carbocycles. The van der Waals surface area contributed by atoms with Crippen LogP contribution in [0.2, 0.25) is 5.02 Å². The van der Waals surface area contributed by atoms with Crippen molar-refractivity contribution in [3.63, 3.8) is 0 Å². The zero-order chi connectivity index (χ0) is 21.6. The summed E-state index contributed by atoms with van der Waals surface area (Å²) in [5.41, 5.74) is 2.72. The van der Waals surface area contributed by atoms with Gasteiger partial charge in [-0.2, -0.15) is 0 Å². The molecule has 2 amide bonds. The van der Waals surface area contributed by atoms with Crippen LogP contribution in [0.15, 0.2) is 66.7 Å². The van der Waals surface area contributed by atoms with E-state index >= 15 is 0 Å². The van der Waals surface area contributed by atoms with E-state index in [2.05, 4.69) is 17.6 Å². The lowest BCUT2D eigenvalue weighted by atomic mass is 9.92. The molecule has 156 valence electrons. The summed E-state index contributed by atoms with van der Waals surface area (Å²) in [5.74, 6) is -0.577. The minimum atomic E-state index is -1.42. The molecule has 6 heteroatoms. The first-order chi connectivity index (χ1) is 15.1. The van der Waals surface area contributed by atoms with Gasteiger partial charge in [-0.1, -0.05) is 61.3 Å². The summed E-state index contributed by atoms with van der Waals surface area (Å²) in [6.07, 6.45) is 3.21. The summed E-state index contributed by atoms with van der Waals surface area (Å²) < 4.78 is 0. The van der Waals surface area contributed by atoms with Gasteiger partial charge in [-0.05, 0) is 48.7 Å². The number of hydrogen-bond acceptors (Lipinski definition) is 3. The molecule has 1 atom stereocenters. The lowest BCUT2D eigenvalue weighted by molar-refractivity contribution is -0.119. The largest absolute Gasteiger partial charge is 0.350 e. The summed E-state index contributed by atoms with van der Waals surface area (Å²) >= 11 is 6.39. The number of unbranched alkanes of at least 4 members (excludes halogenated alkanes) is 1. The number of benzene rings is 3. The van der Waals surface area contributed by atoms with Gasteiger partial charge in [-0.15, -0.1) is 0 Å². The summed E-state index contributed by atoms with van der Waals surface area (Å²) in [5, 5.41) is 6.69. The predicted octanol–water partition coefficient (Wildman–Crippen LogP) is 5.56. The second kappa shape index (κ2) is 7.43. The first-order valence-electron chi connectivity index (χ1n) is 10.5. The average Bonchev–Trinajstić information content (AvgIpc) is 3.06. The lowest BCUT2D eigenvalue weighted by Crippen LogP contribution is -2.61. The number of halogens is 1. The van der Waals surface area contributed by atoms with Crippen LogP contribution < -0.4 is 15.5 Å². The predicted molar refractivity (Wildman–Crippen MR) is 124 cm³/mol. The molecule has 2 aliphatic rings. The molecule has 2 N–H and O–H groups in total. The number of nitrogens with one attached hydrogen (secondary N) is 2. The van der Waals surface area contributed by atoms with Crippen LogP contribution in [0.25, 0.3) is 0 Å². The van der Waals surface area contributed by atoms with Gasteiger partial charge in [0.05, 0.1) is 16.3 Å². The van der Waals surface area contributed by atoms with E-state index in [1.165, 1.54) is 5.56 Å². The molecule has 0 saturated carbocycles. The molecule has 0 bridgehead atoms. The van der Waals surface area contributed by atoms with Crippen LogP contribution in [0.4, 0.5) is 17.1 Å². The summed E-state index contributed by atoms with van der Waals surface area (Å²) in [6.45, 7) is 2.16. The Kier molecular flexibility index (Phi) is 4.71. The van der Waals surface area contributed by atoms with E-state index in [0.717, 1.165) is 19.3 Å². The molecule has 3 aromatic rings. The van der Waals surface area contributed by atoms with Gasteiger partial charge in [0.25, 0.3) is 11.8 Å². The second-order valence-electron chi connectivity index (χ2n) is 7.91. The fourth-order valence-corrected chi connectivity index (χ4v) is 4.65. The highest BCUT2D eigenvalue weighted by Gasteiger charge is 2.57. The van der Waals surface area contributed by atoms with Crippen molar-refractivity contribution >= 4 is 40.5 Å². The first kappa shape index (κ1) is 19.6. The third-order valence-corrected chi connectivity index (χ3v) is 6.31. The maximum atomic E-state index is 13.7. The average molecular weight is 432 g/mol. The van der Waals surface area contributed by atoms with Gasteiger partial charge in [-0.25, -0.2) is 0 Å². The van der Waals surface area contributed by atoms with Crippen LogP contribution in [0, 0.1) is 0 Å². The second-order valence-corrected chi connectivity index (χ2v) is 8.32. The SMILES string of the molecule is CCCCc1ccc(N2C(=O)c3ccccc3N[C@]23C(=O)Nc2c(Cl)cccc23)cc1. The number of amides is 2. The lowest BCUT2D eigenvalue weighted by Gasteiger charge is -2.44. The zero-order valence-electron chi connectivity index (χ0n) is 17.1. The Morgan fingerprint density at radius 2 is 1.74 bits per heavy atom. The zero-order valence-corrected chi connectivity index (χ0v) is 17.9. The standard InChI is InChI=1S/C25H22ClN3O2/c1-2-3-7-16-12-14-17(15-13-16)29-23(30)18-8-4-5-11-21(18)28-25(29)19-9-6-10-20(26)22(19)27-24(25)31/h4-6,8-15,28H,2-3,7H2,1H3,(H,27,31)/t25-/m0/s1. The smallest absolute Gasteiger partial charge is 0.276 e. The molecule has 0 unspecified atom stereocenters. The number of carbonyl (C=O) groups is 2. The molecule has 0 fully saturated rings. The van der Waals surface area contributed by atoms with Gasteiger partial charge < -0.3 is 10.6 Å². The van der Waals surface area contributed by atoms with E-state index < -0.39 is 5.66 Å². The molecule has 5 rings (SSSR count). The summed E-state index contributed by atoms with van der Waals surface area (Å²) in [6, 6.07) is 20.5. The topological polar surface area (TPSA) is 61.4 Å². The van der Waals surface area contributed by atoms with Gasteiger partial charge in [0.15, 0.2) is 0 Å². The van der Waals surface area contributed by atoms with E-state index in [0.29, 0.717) is 33.2 Å². The Balaban J connectivity index is 1.70. The fourth-order valence-electron chi connectivity index (χ4n) is 4.43. The number of anilines is 3. The molecule has 5 nitrogen and oxygen atoms in total. The van der Waals surface area contributed by atoms with Crippen molar-refractivity contribution in [3.05, 3.63) is 88.4 Å². The summed E-state index contributed by atoms with van der Waals surface area (Å²) in [4.78, 5) is 28.8. The van der Waals surface area contributed by atoms with Crippen LogP contribution >= 0.6 is 11.6 Å². The fraction of sp³-hybridized carbons (Fsp3) is 0.200. The number of fused-ring (bicyclic) bond motifs is 3. The maximum Gasteiger partial charge on any atom is 0.276 e. The maximum absolute atomic E-state index is 13.7. The van der Waals surface area contributed by atoms with E-state index in [1.807, 2.05) is 48.5 Å². The molecule has 0 aliphatic carbocycles. The van der Waals surface area contributed by atoms with E-state index in [4.69, 9.17) is 11.6 Å². The molecular weight excluding hydrogens is 410 g/mol. The molecule has 0 saturated heterocycles. The van der Waals surface area contributed by atoms with Crippen molar-refractivity contribution in [2.75, 3.05) is 15.5 Å². The van der Waals surface area contributed by atoms with Gasteiger partial charge in [0, 0.05) is 16.9 Å². The van der Waals surface area contributed by atoms with Crippen LogP contribution in [0.5, 0.6) is 0 Å². The Bertz CT molecular complexity index is 1190. The van der Waals surface area contributed by atoms with Gasteiger partial charge in [0.1, 0.15) is 0 Å². The molecule has 2 aliphatic heterocycles. The number of aryl methyl sites for hydroxylation is 1. The Morgan fingerprint density at radius 3 is 2.52 bits per heavy atom. The van der Waals surface area contributed by atoms with Gasteiger partial charge >= 0.3 is 0 Å². The number of hydrogen-bond donors (Lipinski definition) is 2. The number of para-hydroxylation sites is 2. The summed E-state index contributed by atoms with van der Waals surface area (Å²) in [7, 11) is 0. The van der Waals surface area contributed by atoms with E-state index in [9.17, 15) is 9.59 Å². The highest BCUT2D eigenvalue weighted by molar-refractivity contribution is 6.35. The molecular formula is C25H22ClN3O2. The monoisotopic (exact) mass is 431 g/mol. The van der Waals surface area contributed by atoms with Crippen molar-refractivity contribution in [2.45, 2.75) is 31.8 Å². The number of carbonyl (C=O) groups excluding carboxylic acids is 2. The molecule has 2 heterocycles. The van der Waals surface area contributed by atoms with Crippen molar-refractivity contribution in [1.29, 1.82) is 0 Å². The van der Waals surface area contributed by atoms with E-state index in [-0.39, 0.29) is 11.8 Å². The highest BCUT2D eigenvalue weighted by Crippen LogP contribution is 2.49. The Hall–Kier alpha value is -3.31. The third-order valence-electron chi connectivity index (χ3n) is 6.00. The third kappa shape index (κ3) is 2.92. The minimum absolute atomic E-state index is 0.237. The van der Waals surface area contributed by atoms with Crippen molar-refractivity contribution in [3.8, 4) is 0 Å². The van der Waals surface area contributed by atoms with Crippen molar-refractivity contribution < 1.29 is 9.59 Å². The molecule has 0 radical (unpaired) electrons. The normalized spacial score (nSPS) is 19.1. The number of rotatable bonds is 4. The van der Waals surface area contributed by atoms with Gasteiger partial charge in [0.2, 0.25) is 5.66 Å². The molecule has 0 aromatic heterocycles. The van der Waals surface area contributed by atoms with E-state index in [1.54, 1.807) is 23.1 Å². The number of nitrogens with zero attached hydrogens (tertiary/aromatic N) is 1. The Morgan fingerprint density at radius 1 is 0.968 bits per heavy atom. The van der Waals surface area contributed by atoms with Gasteiger partial charge in [-0.3, -0.25) is 14.5 Å². The highest BCUT2D eigenvalue weighted by atomic mass is 35.5. The van der Waals surface area contributed by atoms with Crippen LogP contribution in [-0.2, 0) is 16.9 Å². The molecule has 1 spiro atoms. The molecule has 31 heavy (non-hydrogen) atoms. The quantitative estimate of drug-likeness (QED) is 0.568. The van der Waals surface area contributed by atoms with Crippen LogP contribution in [-0.4, -0.2) is 11.8 Å². The van der Waals surface area contributed by atoms with Crippen molar-refractivity contribution in [2.24, 2.45) is 0 Å². The van der Waals surface area contributed by atoms with Crippen LogP contribution in [0.1, 0.15) is 41.3 Å². The Labute approximate surface area is 186 Å². The minimum Gasteiger partial charge on any atom is -0.350 e. The first-order valence-corrected chi connectivity index (χ1v) is 10.8. The van der Waals surface area contributed by atoms with Crippen LogP contribution in [0.3, 0.4) is 0 Å². The van der Waals surface area contributed by atoms with Crippen molar-refractivity contribution in [1.82, 2.24) is 0 Å².